The third-order valence-electron chi connectivity index (χ3n) is 9.07. The van der Waals surface area contributed by atoms with E-state index in [2.05, 4.69) is 135 Å². The summed E-state index contributed by atoms with van der Waals surface area (Å²) in [4.78, 5) is 0. The molecule has 0 saturated carbocycles. The second kappa shape index (κ2) is 8.27. The summed E-state index contributed by atoms with van der Waals surface area (Å²) < 4.78 is 0. The van der Waals surface area contributed by atoms with Crippen LogP contribution in [0.25, 0.3) is 64.6 Å². The molecule has 0 aromatic heterocycles. The molecule has 0 N–H and O–H groups in total. The standard InChI is InChI=1S/C38H28Si/c1-3-23-39(24-4-2,33-21-17-29-13-11-25-7-5-9-27-15-19-31(33)37(29)35(25)27)34-22-18-30-14-12-26-8-6-10-28-16-20-32(34)38(30)36(26)28/h3-22H,1-2,23-24H2. The maximum Gasteiger partial charge on any atom is 0.127 e. The van der Waals surface area contributed by atoms with Crippen LogP contribution in [0.15, 0.2) is 135 Å². The molecule has 0 amide bonds. The monoisotopic (exact) mass is 512 g/mol. The van der Waals surface area contributed by atoms with E-state index in [-0.39, 0.29) is 0 Å². The minimum atomic E-state index is -2.37. The molecule has 0 aliphatic carbocycles. The Bertz CT molecular complexity index is 2030. The van der Waals surface area contributed by atoms with Crippen molar-refractivity contribution in [2.75, 3.05) is 0 Å². The van der Waals surface area contributed by atoms with E-state index in [9.17, 15) is 0 Å². The molecule has 8 aromatic rings. The predicted octanol–water partition coefficient (Wildman–Crippen LogP) is 9.42. The van der Waals surface area contributed by atoms with Crippen molar-refractivity contribution in [2.45, 2.75) is 12.1 Å². The molecule has 184 valence electrons. The zero-order chi connectivity index (χ0) is 26.1. The van der Waals surface area contributed by atoms with E-state index < -0.39 is 8.07 Å². The van der Waals surface area contributed by atoms with E-state index in [0.29, 0.717) is 0 Å². The van der Waals surface area contributed by atoms with Crippen LogP contribution in [0, 0.1) is 0 Å². The predicted molar refractivity (Wildman–Crippen MR) is 175 cm³/mol. The largest absolute Gasteiger partial charge is 0.127 e. The zero-order valence-corrected chi connectivity index (χ0v) is 22.9. The maximum absolute atomic E-state index is 4.30. The van der Waals surface area contributed by atoms with Gasteiger partial charge in [-0.2, -0.15) is 0 Å². The van der Waals surface area contributed by atoms with Crippen molar-refractivity contribution in [3.8, 4) is 0 Å². The van der Waals surface area contributed by atoms with E-state index in [1.54, 1.807) is 0 Å². The summed E-state index contributed by atoms with van der Waals surface area (Å²) in [7, 11) is -2.37. The van der Waals surface area contributed by atoms with Gasteiger partial charge in [-0.3, -0.25) is 0 Å². The van der Waals surface area contributed by atoms with Crippen molar-refractivity contribution in [3.63, 3.8) is 0 Å². The van der Waals surface area contributed by atoms with Gasteiger partial charge in [-0.15, -0.1) is 13.2 Å². The Kier molecular flexibility index (Phi) is 4.77. The Hall–Kier alpha value is -4.46. The molecular formula is C38H28Si. The quantitative estimate of drug-likeness (QED) is 0.118. The Balaban J connectivity index is 1.53. The van der Waals surface area contributed by atoms with E-state index in [4.69, 9.17) is 0 Å². The van der Waals surface area contributed by atoms with E-state index in [1.807, 2.05) is 0 Å². The van der Waals surface area contributed by atoms with Crippen LogP contribution in [-0.2, 0) is 0 Å². The summed E-state index contributed by atoms with van der Waals surface area (Å²) in [5.74, 6) is 0. The number of allylic oxidation sites excluding steroid dienone is 2. The second-order valence-corrected chi connectivity index (χ2v) is 15.1. The Labute approximate surface area is 229 Å². The highest BCUT2D eigenvalue weighted by Crippen LogP contribution is 2.38. The Morgan fingerprint density at radius 1 is 0.410 bits per heavy atom. The molecule has 0 spiro atoms. The topological polar surface area (TPSA) is 0 Å². The third-order valence-corrected chi connectivity index (χ3v) is 14.0. The van der Waals surface area contributed by atoms with E-state index in [0.717, 1.165) is 12.1 Å². The van der Waals surface area contributed by atoms with Gasteiger partial charge in [-0.25, -0.2) is 0 Å². The van der Waals surface area contributed by atoms with Crippen molar-refractivity contribution >= 4 is 83.1 Å². The fraction of sp³-hybridized carbons (Fsp3) is 0.0526. The second-order valence-electron chi connectivity index (χ2n) is 11.0. The molecule has 0 fully saturated rings. The Morgan fingerprint density at radius 3 is 1.13 bits per heavy atom. The maximum atomic E-state index is 4.30. The van der Waals surface area contributed by atoms with Crippen LogP contribution in [0.2, 0.25) is 12.1 Å². The van der Waals surface area contributed by atoms with Crippen LogP contribution >= 0.6 is 0 Å². The lowest BCUT2D eigenvalue weighted by atomic mass is 9.94. The molecule has 39 heavy (non-hydrogen) atoms. The fourth-order valence-corrected chi connectivity index (χ4v) is 12.0. The van der Waals surface area contributed by atoms with Gasteiger partial charge < -0.3 is 0 Å². The van der Waals surface area contributed by atoms with Gasteiger partial charge in [0.05, 0.1) is 0 Å². The first kappa shape index (κ1) is 22.5. The van der Waals surface area contributed by atoms with Crippen molar-refractivity contribution in [3.05, 3.63) is 135 Å². The normalized spacial score (nSPS) is 12.5. The molecule has 0 aliphatic rings. The molecule has 0 radical (unpaired) electrons. The first-order valence-corrected chi connectivity index (χ1v) is 16.2. The van der Waals surface area contributed by atoms with Crippen LogP contribution in [0.5, 0.6) is 0 Å². The fourth-order valence-electron chi connectivity index (χ4n) is 7.47. The van der Waals surface area contributed by atoms with Crippen molar-refractivity contribution in [1.82, 2.24) is 0 Å². The molecule has 8 aromatic carbocycles. The van der Waals surface area contributed by atoms with Gasteiger partial charge in [-0.1, -0.05) is 121 Å². The van der Waals surface area contributed by atoms with Crippen molar-refractivity contribution in [2.24, 2.45) is 0 Å². The van der Waals surface area contributed by atoms with Gasteiger partial charge in [0.15, 0.2) is 0 Å². The summed E-state index contributed by atoms with van der Waals surface area (Å²) in [6.45, 7) is 8.61. The lowest BCUT2D eigenvalue weighted by molar-refractivity contribution is 1.49. The van der Waals surface area contributed by atoms with Crippen molar-refractivity contribution < 1.29 is 0 Å². The van der Waals surface area contributed by atoms with Crippen LogP contribution < -0.4 is 10.4 Å². The molecule has 1 heteroatoms. The molecule has 0 nitrogen and oxygen atoms in total. The van der Waals surface area contributed by atoms with Crippen LogP contribution in [-0.4, -0.2) is 8.07 Å². The molecule has 0 atom stereocenters. The van der Waals surface area contributed by atoms with Crippen LogP contribution in [0.3, 0.4) is 0 Å². The zero-order valence-electron chi connectivity index (χ0n) is 21.9. The average Bonchev–Trinajstić information content (AvgIpc) is 2.98. The highest BCUT2D eigenvalue weighted by molar-refractivity contribution is 7.05. The smallest absolute Gasteiger partial charge is 0.103 e. The lowest BCUT2D eigenvalue weighted by Crippen LogP contribution is -2.58. The number of rotatable bonds is 6. The molecule has 0 aliphatic heterocycles. The molecule has 0 heterocycles. The highest BCUT2D eigenvalue weighted by Gasteiger charge is 2.38. The average molecular weight is 513 g/mol. The molecular weight excluding hydrogens is 485 g/mol. The summed E-state index contributed by atoms with van der Waals surface area (Å²) in [6, 6.07) is 43.3. The van der Waals surface area contributed by atoms with Crippen LogP contribution in [0.1, 0.15) is 0 Å². The van der Waals surface area contributed by atoms with Gasteiger partial charge in [-0.05, 0) is 87.1 Å². The minimum absolute atomic E-state index is 0.965. The van der Waals surface area contributed by atoms with Gasteiger partial charge in [0, 0.05) is 0 Å². The molecule has 8 rings (SSSR count). The lowest BCUT2D eigenvalue weighted by Gasteiger charge is -2.34. The molecule has 0 saturated heterocycles. The SMILES string of the molecule is C=CC[Si](CC=C)(c1ccc2ccc3cccc4ccc1c2c34)c1ccc2ccc3cccc4ccc1c2c34. The van der Waals surface area contributed by atoms with Gasteiger partial charge in [0.1, 0.15) is 8.07 Å². The number of hydrogen-bond donors (Lipinski definition) is 0. The van der Waals surface area contributed by atoms with Gasteiger partial charge in [0.25, 0.3) is 0 Å². The van der Waals surface area contributed by atoms with E-state index in [1.165, 1.54) is 75.0 Å². The van der Waals surface area contributed by atoms with E-state index >= 15 is 0 Å². The van der Waals surface area contributed by atoms with Crippen molar-refractivity contribution in [1.29, 1.82) is 0 Å². The third kappa shape index (κ3) is 2.99. The summed E-state index contributed by atoms with van der Waals surface area (Å²) in [5, 5.41) is 19.2. The van der Waals surface area contributed by atoms with Gasteiger partial charge >= 0.3 is 0 Å². The summed E-state index contributed by atoms with van der Waals surface area (Å²) in [5.41, 5.74) is 0. The first-order chi connectivity index (χ1) is 19.2. The van der Waals surface area contributed by atoms with Crippen LogP contribution in [0.4, 0.5) is 0 Å². The molecule has 0 unspecified atom stereocenters. The summed E-state index contributed by atoms with van der Waals surface area (Å²) >= 11 is 0. The minimum Gasteiger partial charge on any atom is -0.103 e. The first-order valence-electron chi connectivity index (χ1n) is 13.8. The van der Waals surface area contributed by atoms with Gasteiger partial charge in [0.2, 0.25) is 0 Å². The Morgan fingerprint density at radius 2 is 0.744 bits per heavy atom. The summed E-state index contributed by atoms with van der Waals surface area (Å²) in [6.07, 6.45) is 4.32. The highest BCUT2D eigenvalue weighted by atomic mass is 28.3. The number of benzene rings is 8. The number of hydrogen-bond acceptors (Lipinski definition) is 0. The molecule has 0 bridgehead atoms.